The van der Waals surface area contributed by atoms with Crippen molar-refractivity contribution in [1.82, 2.24) is 9.97 Å². The summed E-state index contributed by atoms with van der Waals surface area (Å²) >= 11 is 0. The van der Waals surface area contributed by atoms with Gasteiger partial charge in [0, 0.05) is 18.7 Å². The topological polar surface area (TPSA) is 75.9 Å². The molecule has 1 heterocycles. The minimum atomic E-state index is 0.317. The first-order valence-electron chi connectivity index (χ1n) is 7.21. The summed E-state index contributed by atoms with van der Waals surface area (Å²) in [6, 6.07) is 2.42. The molecule has 1 aromatic heterocycles. The largest absolute Gasteiger partial charge is 0.370 e. The second kappa shape index (κ2) is 6.08. The third-order valence-electron chi connectivity index (χ3n) is 3.63. The molecule has 106 valence electrons. The fourth-order valence-electron chi connectivity index (χ4n) is 3.09. The van der Waals surface area contributed by atoms with E-state index in [1.165, 1.54) is 19.3 Å². The highest BCUT2D eigenvalue weighted by Crippen LogP contribution is 2.30. The van der Waals surface area contributed by atoms with Crippen LogP contribution in [0.1, 0.15) is 40.0 Å². The molecule has 0 bridgehead atoms. The highest BCUT2D eigenvalue weighted by molar-refractivity contribution is 5.51. The molecule has 2 unspecified atom stereocenters. The van der Waals surface area contributed by atoms with Gasteiger partial charge in [0.25, 0.3) is 0 Å². The van der Waals surface area contributed by atoms with Gasteiger partial charge in [-0.3, -0.25) is 0 Å². The van der Waals surface area contributed by atoms with E-state index in [9.17, 15) is 0 Å². The van der Waals surface area contributed by atoms with Crippen LogP contribution in [0.5, 0.6) is 0 Å². The second-order valence-corrected chi connectivity index (χ2v) is 5.79. The number of hydrogen-bond acceptors (Lipinski definition) is 5. The Morgan fingerprint density at radius 2 is 1.79 bits per heavy atom. The molecule has 4 N–H and O–H groups in total. The number of nitrogen functional groups attached to an aromatic ring is 1. The Bertz CT molecular complexity index is 410. The normalized spacial score (nSPS) is 27.0. The Morgan fingerprint density at radius 3 is 2.42 bits per heavy atom. The molecule has 0 saturated heterocycles. The molecule has 2 rings (SSSR count). The van der Waals surface area contributed by atoms with Crippen molar-refractivity contribution in [3.63, 3.8) is 0 Å². The lowest BCUT2D eigenvalue weighted by atomic mass is 9.80. The molecule has 5 nitrogen and oxygen atoms in total. The van der Waals surface area contributed by atoms with Gasteiger partial charge in [-0.15, -0.1) is 0 Å². The van der Waals surface area contributed by atoms with Crippen molar-refractivity contribution in [2.45, 2.75) is 46.1 Å². The molecule has 0 aromatic carbocycles. The number of nitrogens with two attached hydrogens (primary N) is 1. The summed E-state index contributed by atoms with van der Waals surface area (Å²) < 4.78 is 0. The van der Waals surface area contributed by atoms with Gasteiger partial charge in [0.1, 0.15) is 11.6 Å². The molecular formula is C14H25N5. The van der Waals surface area contributed by atoms with E-state index in [0.29, 0.717) is 12.0 Å². The molecule has 1 saturated carbocycles. The third kappa shape index (κ3) is 3.98. The maximum Gasteiger partial charge on any atom is 0.223 e. The van der Waals surface area contributed by atoms with Gasteiger partial charge in [0.05, 0.1) is 0 Å². The smallest absolute Gasteiger partial charge is 0.223 e. The summed E-state index contributed by atoms with van der Waals surface area (Å²) in [6.45, 7) is 7.51. The Kier molecular flexibility index (Phi) is 4.45. The zero-order valence-corrected chi connectivity index (χ0v) is 12.1. The van der Waals surface area contributed by atoms with Gasteiger partial charge in [-0.2, -0.15) is 9.97 Å². The van der Waals surface area contributed by atoms with Gasteiger partial charge in [-0.1, -0.05) is 13.8 Å². The van der Waals surface area contributed by atoms with Crippen LogP contribution in [0.3, 0.4) is 0 Å². The number of nitrogens with zero attached hydrogens (tertiary/aromatic N) is 2. The van der Waals surface area contributed by atoms with E-state index in [-0.39, 0.29) is 0 Å². The van der Waals surface area contributed by atoms with Crippen LogP contribution in [-0.2, 0) is 0 Å². The van der Waals surface area contributed by atoms with E-state index in [2.05, 4.69) is 34.4 Å². The summed E-state index contributed by atoms with van der Waals surface area (Å²) in [5.41, 5.74) is 5.75. The fraction of sp³-hybridized carbons (Fsp3) is 0.714. The monoisotopic (exact) mass is 263 g/mol. The SMILES string of the molecule is CCNc1cc(NC2CC(C)CC(C)C2)nc(N)n1. The van der Waals surface area contributed by atoms with E-state index >= 15 is 0 Å². The molecule has 1 fully saturated rings. The fourth-order valence-corrected chi connectivity index (χ4v) is 3.09. The maximum atomic E-state index is 5.75. The van der Waals surface area contributed by atoms with Crippen LogP contribution in [-0.4, -0.2) is 22.6 Å². The van der Waals surface area contributed by atoms with E-state index in [4.69, 9.17) is 5.73 Å². The van der Waals surface area contributed by atoms with Gasteiger partial charge in [-0.05, 0) is 38.0 Å². The standard InChI is InChI=1S/C14H25N5/c1-4-16-12-8-13(19-14(15)18-12)17-11-6-9(2)5-10(3)7-11/h8-11H,4-7H2,1-3H3,(H4,15,16,17,18,19). The summed E-state index contributed by atoms with van der Waals surface area (Å²) in [5.74, 6) is 3.48. The lowest BCUT2D eigenvalue weighted by Crippen LogP contribution is -2.30. The van der Waals surface area contributed by atoms with Crippen LogP contribution < -0.4 is 16.4 Å². The van der Waals surface area contributed by atoms with Crippen LogP contribution in [0.15, 0.2) is 6.07 Å². The Labute approximate surface area is 115 Å². The molecule has 2 atom stereocenters. The highest BCUT2D eigenvalue weighted by Gasteiger charge is 2.24. The minimum absolute atomic E-state index is 0.317. The first-order valence-corrected chi connectivity index (χ1v) is 7.21. The van der Waals surface area contributed by atoms with Gasteiger partial charge < -0.3 is 16.4 Å². The van der Waals surface area contributed by atoms with Crippen molar-refractivity contribution in [2.75, 3.05) is 22.9 Å². The summed E-state index contributed by atoms with van der Waals surface area (Å²) in [7, 11) is 0. The van der Waals surface area contributed by atoms with E-state index in [0.717, 1.165) is 30.0 Å². The van der Waals surface area contributed by atoms with E-state index in [1.54, 1.807) is 0 Å². The zero-order valence-electron chi connectivity index (χ0n) is 12.1. The molecule has 0 spiro atoms. The average Bonchev–Trinajstić information content (AvgIpc) is 2.26. The number of nitrogens with one attached hydrogen (secondary N) is 2. The Morgan fingerprint density at radius 1 is 1.16 bits per heavy atom. The van der Waals surface area contributed by atoms with Crippen molar-refractivity contribution in [1.29, 1.82) is 0 Å². The molecule has 1 aliphatic carbocycles. The molecule has 0 amide bonds. The average molecular weight is 263 g/mol. The van der Waals surface area contributed by atoms with Crippen LogP contribution in [0.4, 0.5) is 17.6 Å². The number of hydrogen-bond donors (Lipinski definition) is 3. The number of rotatable bonds is 4. The summed E-state index contributed by atoms with van der Waals surface area (Å²) in [5, 5.41) is 6.68. The van der Waals surface area contributed by atoms with Crippen molar-refractivity contribution in [2.24, 2.45) is 11.8 Å². The zero-order chi connectivity index (χ0) is 13.8. The Hall–Kier alpha value is -1.52. The quantitative estimate of drug-likeness (QED) is 0.778. The van der Waals surface area contributed by atoms with Crippen LogP contribution >= 0.6 is 0 Å². The third-order valence-corrected chi connectivity index (χ3v) is 3.63. The summed E-state index contributed by atoms with van der Waals surface area (Å²) in [4.78, 5) is 8.44. The molecule has 19 heavy (non-hydrogen) atoms. The lowest BCUT2D eigenvalue weighted by Gasteiger charge is -2.32. The number of aromatic nitrogens is 2. The summed E-state index contributed by atoms with van der Waals surface area (Å²) in [6.07, 6.45) is 3.72. The number of anilines is 3. The van der Waals surface area contributed by atoms with Gasteiger partial charge in [0.2, 0.25) is 5.95 Å². The minimum Gasteiger partial charge on any atom is -0.370 e. The van der Waals surface area contributed by atoms with E-state index < -0.39 is 0 Å². The molecule has 0 radical (unpaired) electrons. The first-order chi connectivity index (χ1) is 9.06. The lowest BCUT2D eigenvalue weighted by molar-refractivity contribution is 0.280. The van der Waals surface area contributed by atoms with Crippen molar-refractivity contribution in [3.8, 4) is 0 Å². The molecule has 1 aliphatic rings. The van der Waals surface area contributed by atoms with Crippen molar-refractivity contribution in [3.05, 3.63) is 6.07 Å². The molecular weight excluding hydrogens is 238 g/mol. The molecule has 1 aromatic rings. The Balaban J connectivity index is 2.05. The van der Waals surface area contributed by atoms with Crippen LogP contribution in [0.25, 0.3) is 0 Å². The molecule has 5 heteroatoms. The van der Waals surface area contributed by atoms with Crippen molar-refractivity contribution >= 4 is 17.6 Å². The maximum absolute atomic E-state index is 5.75. The highest BCUT2D eigenvalue weighted by atomic mass is 15.1. The van der Waals surface area contributed by atoms with Crippen LogP contribution in [0.2, 0.25) is 0 Å². The van der Waals surface area contributed by atoms with E-state index in [1.807, 2.05) is 13.0 Å². The van der Waals surface area contributed by atoms with Crippen molar-refractivity contribution < 1.29 is 0 Å². The molecule has 0 aliphatic heterocycles. The van der Waals surface area contributed by atoms with Crippen LogP contribution in [0, 0.1) is 11.8 Å². The van der Waals surface area contributed by atoms with Gasteiger partial charge in [0.15, 0.2) is 0 Å². The predicted molar refractivity (Wildman–Crippen MR) is 80.2 cm³/mol. The first kappa shape index (κ1) is 13.9. The predicted octanol–water partition coefficient (Wildman–Crippen LogP) is 2.73. The second-order valence-electron chi connectivity index (χ2n) is 5.79. The van der Waals surface area contributed by atoms with Gasteiger partial charge in [-0.25, -0.2) is 0 Å². The van der Waals surface area contributed by atoms with Gasteiger partial charge >= 0.3 is 0 Å².